The molecule has 0 bridgehead atoms. The van der Waals surface area contributed by atoms with Crippen LogP contribution in [-0.4, -0.2) is 41.9 Å². The fourth-order valence-corrected chi connectivity index (χ4v) is 0.771. The number of hydrogen-bond acceptors (Lipinski definition) is 4. The van der Waals surface area contributed by atoms with Gasteiger partial charge in [-0.15, -0.1) is 0 Å². The summed E-state index contributed by atoms with van der Waals surface area (Å²) in [7, 11) is 1.38. The van der Waals surface area contributed by atoms with E-state index in [-0.39, 0.29) is 6.42 Å². The highest BCUT2D eigenvalue weighted by molar-refractivity contribution is 5.84. The molecule has 0 rings (SSSR count). The molecular weight excluding hydrogens is 148 g/mol. The number of aliphatic hydroxyl groups excluding tert-OH is 2. The van der Waals surface area contributed by atoms with Crippen LogP contribution in [-0.2, 0) is 9.53 Å². The zero-order valence-corrected chi connectivity index (χ0v) is 6.78. The van der Waals surface area contributed by atoms with Crippen molar-refractivity contribution in [2.45, 2.75) is 25.6 Å². The van der Waals surface area contributed by atoms with Gasteiger partial charge < -0.3 is 14.9 Å². The molecule has 66 valence electrons. The Morgan fingerprint density at radius 2 is 2.18 bits per heavy atom. The Hall–Kier alpha value is -0.450. The molecule has 0 saturated heterocycles. The molecule has 0 fully saturated rings. The van der Waals surface area contributed by atoms with Crippen molar-refractivity contribution in [2.75, 3.05) is 13.7 Å². The van der Waals surface area contributed by atoms with Crippen LogP contribution in [0.5, 0.6) is 0 Å². The molecule has 0 saturated carbocycles. The molecule has 0 amide bonds. The van der Waals surface area contributed by atoms with Gasteiger partial charge in [0, 0.05) is 13.5 Å². The molecule has 0 aromatic rings. The standard InChI is InChI=1S/C7H14O4/c1-5(9)3-7(11-2)6(10)4-8/h5,7-9H,3-4H2,1-2H3/t5-,7+/m1/s1. The van der Waals surface area contributed by atoms with Crippen molar-refractivity contribution < 1.29 is 19.7 Å². The van der Waals surface area contributed by atoms with Crippen molar-refractivity contribution >= 4 is 5.78 Å². The Kier molecular flexibility index (Phi) is 5.02. The number of rotatable bonds is 5. The van der Waals surface area contributed by atoms with E-state index in [2.05, 4.69) is 0 Å². The van der Waals surface area contributed by atoms with Crippen LogP contribution in [0.4, 0.5) is 0 Å². The van der Waals surface area contributed by atoms with Gasteiger partial charge in [-0.2, -0.15) is 0 Å². The van der Waals surface area contributed by atoms with Gasteiger partial charge in [0.2, 0.25) is 0 Å². The number of hydrogen-bond donors (Lipinski definition) is 2. The monoisotopic (exact) mass is 162 g/mol. The van der Waals surface area contributed by atoms with E-state index in [0.717, 1.165) is 0 Å². The second-order valence-corrected chi connectivity index (χ2v) is 2.43. The van der Waals surface area contributed by atoms with E-state index in [1.54, 1.807) is 6.92 Å². The summed E-state index contributed by atoms with van der Waals surface area (Å²) >= 11 is 0. The molecule has 0 heterocycles. The zero-order chi connectivity index (χ0) is 8.85. The van der Waals surface area contributed by atoms with Gasteiger partial charge in [0.1, 0.15) is 12.7 Å². The lowest BCUT2D eigenvalue weighted by molar-refractivity contribution is -0.133. The van der Waals surface area contributed by atoms with Crippen LogP contribution < -0.4 is 0 Å². The van der Waals surface area contributed by atoms with Crippen LogP contribution in [0.2, 0.25) is 0 Å². The van der Waals surface area contributed by atoms with Crippen molar-refractivity contribution in [3.63, 3.8) is 0 Å². The molecule has 4 nitrogen and oxygen atoms in total. The fourth-order valence-electron chi connectivity index (χ4n) is 0.771. The van der Waals surface area contributed by atoms with Gasteiger partial charge >= 0.3 is 0 Å². The van der Waals surface area contributed by atoms with Crippen molar-refractivity contribution in [1.82, 2.24) is 0 Å². The predicted molar refractivity (Wildman–Crippen MR) is 39.2 cm³/mol. The fraction of sp³-hybridized carbons (Fsp3) is 0.857. The molecule has 11 heavy (non-hydrogen) atoms. The summed E-state index contributed by atoms with van der Waals surface area (Å²) in [5.74, 6) is -0.395. The molecule has 0 spiro atoms. The van der Waals surface area contributed by atoms with Crippen molar-refractivity contribution in [2.24, 2.45) is 0 Å². The third-order valence-electron chi connectivity index (χ3n) is 1.35. The van der Waals surface area contributed by atoms with Gasteiger partial charge in [-0.05, 0) is 6.92 Å². The van der Waals surface area contributed by atoms with E-state index in [1.807, 2.05) is 0 Å². The Morgan fingerprint density at radius 1 is 1.64 bits per heavy atom. The smallest absolute Gasteiger partial charge is 0.186 e. The number of methoxy groups -OCH3 is 1. The summed E-state index contributed by atoms with van der Waals surface area (Å²) in [6.07, 6.45) is -1.04. The lowest BCUT2D eigenvalue weighted by Gasteiger charge is -2.13. The third kappa shape index (κ3) is 4.08. The Bertz CT molecular complexity index is 122. The maximum Gasteiger partial charge on any atom is 0.186 e. The quantitative estimate of drug-likeness (QED) is 0.563. The summed E-state index contributed by atoms with van der Waals surface area (Å²) in [5, 5.41) is 17.3. The summed E-state index contributed by atoms with van der Waals surface area (Å²) in [6, 6.07) is 0. The average Bonchev–Trinajstić information content (AvgIpc) is 1.98. The third-order valence-corrected chi connectivity index (χ3v) is 1.35. The average molecular weight is 162 g/mol. The highest BCUT2D eigenvalue weighted by Crippen LogP contribution is 2.02. The predicted octanol–water partition coefficient (Wildman–Crippen LogP) is -0.666. The minimum atomic E-state index is -0.681. The van der Waals surface area contributed by atoms with Gasteiger partial charge in [-0.1, -0.05) is 0 Å². The molecule has 4 heteroatoms. The van der Waals surface area contributed by atoms with Gasteiger partial charge in [0.15, 0.2) is 5.78 Å². The zero-order valence-electron chi connectivity index (χ0n) is 6.78. The minimum absolute atomic E-state index is 0.232. The van der Waals surface area contributed by atoms with Crippen LogP contribution in [0.1, 0.15) is 13.3 Å². The van der Waals surface area contributed by atoms with Crippen LogP contribution >= 0.6 is 0 Å². The molecular formula is C7H14O4. The van der Waals surface area contributed by atoms with Crippen molar-refractivity contribution in [1.29, 1.82) is 0 Å². The number of carbonyl (C=O) groups is 1. The largest absolute Gasteiger partial charge is 0.393 e. The number of aliphatic hydroxyl groups is 2. The van der Waals surface area contributed by atoms with E-state index in [9.17, 15) is 4.79 Å². The maximum absolute atomic E-state index is 10.8. The maximum atomic E-state index is 10.8. The minimum Gasteiger partial charge on any atom is -0.393 e. The summed E-state index contributed by atoms with van der Waals surface area (Å²) < 4.78 is 4.74. The second-order valence-electron chi connectivity index (χ2n) is 2.43. The van der Waals surface area contributed by atoms with Crippen LogP contribution in [0.15, 0.2) is 0 Å². The molecule has 0 aliphatic heterocycles. The van der Waals surface area contributed by atoms with Crippen LogP contribution in [0.25, 0.3) is 0 Å². The number of Topliss-reactive ketones (excluding diaryl/α,β-unsaturated/α-hetero) is 1. The summed E-state index contributed by atoms with van der Waals surface area (Å²) in [6.45, 7) is 1.03. The lowest BCUT2D eigenvalue weighted by Crippen LogP contribution is -2.29. The molecule has 0 aliphatic rings. The lowest BCUT2D eigenvalue weighted by atomic mass is 10.1. The Balaban J connectivity index is 3.84. The van der Waals surface area contributed by atoms with Gasteiger partial charge in [-0.3, -0.25) is 4.79 Å². The highest BCUT2D eigenvalue weighted by atomic mass is 16.5. The van der Waals surface area contributed by atoms with Gasteiger partial charge in [0.25, 0.3) is 0 Å². The van der Waals surface area contributed by atoms with Crippen LogP contribution in [0, 0.1) is 0 Å². The first-order valence-corrected chi connectivity index (χ1v) is 3.46. The molecule has 0 aromatic heterocycles. The molecule has 0 radical (unpaired) electrons. The van der Waals surface area contributed by atoms with E-state index in [4.69, 9.17) is 14.9 Å². The molecule has 0 unspecified atom stereocenters. The summed E-state index contributed by atoms with van der Waals surface area (Å²) in [4.78, 5) is 10.8. The Labute approximate surface area is 65.8 Å². The van der Waals surface area contributed by atoms with Crippen molar-refractivity contribution in [3.8, 4) is 0 Å². The van der Waals surface area contributed by atoms with E-state index in [1.165, 1.54) is 7.11 Å². The molecule has 0 aliphatic carbocycles. The second kappa shape index (κ2) is 5.23. The SMILES string of the molecule is CO[C@@H](C[C@@H](C)O)C(=O)CO. The normalized spacial score (nSPS) is 16.0. The summed E-state index contributed by atoms with van der Waals surface area (Å²) in [5.41, 5.74) is 0. The molecule has 0 aromatic carbocycles. The first kappa shape index (κ1) is 10.6. The first-order chi connectivity index (χ1) is 5.11. The first-order valence-electron chi connectivity index (χ1n) is 3.46. The van der Waals surface area contributed by atoms with Crippen LogP contribution in [0.3, 0.4) is 0 Å². The van der Waals surface area contributed by atoms with E-state index >= 15 is 0 Å². The number of ether oxygens (including phenoxy) is 1. The Morgan fingerprint density at radius 3 is 2.45 bits per heavy atom. The van der Waals surface area contributed by atoms with Gasteiger partial charge in [0.05, 0.1) is 6.10 Å². The number of ketones is 1. The molecule has 2 N–H and O–H groups in total. The van der Waals surface area contributed by atoms with E-state index < -0.39 is 24.6 Å². The topological polar surface area (TPSA) is 66.8 Å². The van der Waals surface area contributed by atoms with Crippen molar-refractivity contribution in [3.05, 3.63) is 0 Å². The number of carbonyl (C=O) groups excluding carboxylic acids is 1. The van der Waals surface area contributed by atoms with E-state index in [0.29, 0.717) is 0 Å². The molecule has 2 atom stereocenters. The highest BCUT2D eigenvalue weighted by Gasteiger charge is 2.18. The van der Waals surface area contributed by atoms with Gasteiger partial charge in [-0.25, -0.2) is 0 Å².